The molecule has 0 aliphatic heterocycles. The van der Waals surface area contributed by atoms with Crippen LogP contribution >= 0.6 is 11.3 Å². The number of thiophene rings is 1. The summed E-state index contributed by atoms with van der Waals surface area (Å²) in [4.78, 5) is 41.6. The molecule has 0 saturated carbocycles. The molecular formula is C16H20N2O5S. The molecule has 1 unspecified atom stereocenters. The summed E-state index contributed by atoms with van der Waals surface area (Å²) in [7, 11) is 1.28. The standard InChI is InChI=1S/C16H20N2O5S/c1-8(2)6-23-15(20)10(4)18-7-17-13-11(14(18)19)9(3)12(24-13)16(21)22-5/h7-8,10H,6H2,1-5H3. The van der Waals surface area contributed by atoms with Crippen LogP contribution in [0.5, 0.6) is 0 Å². The van der Waals surface area contributed by atoms with Crippen molar-refractivity contribution in [2.24, 2.45) is 5.92 Å². The maximum absolute atomic E-state index is 12.7. The minimum Gasteiger partial charge on any atom is -0.465 e. The van der Waals surface area contributed by atoms with Crippen molar-refractivity contribution in [2.45, 2.75) is 33.7 Å². The lowest BCUT2D eigenvalue weighted by molar-refractivity contribution is -0.148. The molecule has 130 valence electrons. The molecule has 8 heteroatoms. The van der Waals surface area contributed by atoms with Crippen molar-refractivity contribution in [3.05, 3.63) is 27.1 Å². The van der Waals surface area contributed by atoms with Crippen LogP contribution in [0.2, 0.25) is 0 Å². The number of esters is 2. The third-order valence-electron chi connectivity index (χ3n) is 3.56. The molecule has 0 aliphatic rings. The number of nitrogens with zero attached hydrogens (tertiary/aromatic N) is 2. The smallest absolute Gasteiger partial charge is 0.348 e. The summed E-state index contributed by atoms with van der Waals surface area (Å²) in [6.07, 6.45) is 1.31. The van der Waals surface area contributed by atoms with Crippen LogP contribution in [0.3, 0.4) is 0 Å². The molecule has 2 heterocycles. The first-order valence-electron chi connectivity index (χ1n) is 7.53. The van der Waals surface area contributed by atoms with Crippen LogP contribution in [0, 0.1) is 12.8 Å². The molecule has 0 fully saturated rings. The normalized spacial score (nSPS) is 12.4. The van der Waals surface area contributed by atoms with Gasteiger partial charge in [-0.15, -0.1) is 11.3 Å². The Hall–Kier alpha value is -2.22. The van der Waals surface area contributed by atoms with E-state index in [0.29, 0.717) is 20.7 Å². The van der Waals surface area contributed by atoms with Crippen LogP contribution in [0.25, 0.3) is 10.2 Å². The molecule has 0 saturated heterocycles. The lowest BCUT2D eigenvalue weighted by Crippen LogP contribution is -2.30. The van der Waals surface area contributed by atoms with E-state index in [1.165, 1.54) is 18.0 Å². The maximum Gasteiger partial charge on any atom is 0.348 e. The van der Waals surface area contributed by atoms with Gasteiger partial charge >= 0.3 is 11.9 Å². The summed E-state index contributed by atoms with van der Waals surface area (Å²) in [5.41, 5.74) is 0.134. The number of rotatable bonds is 5. The molecule has 0 aliphatic carbocycles. The Morgan fingerprint density at radius 1 is 1.33 bits per heavy atom. The minimum absolute atomic E-state index is 0.209. The Morgan fingerprint density at radius 2 is 2.00 bits per heavy atom. The predicted molar refractivity (Wildman–Crippen MR) is 90.5 cm³/mol. The molecule has 0 aromatic carbocycles. The van der Waals surface area contributed by atoms with E-state index < -0.39 is 18.0 Å². The number of aryl methyl sites for hydroxylation is 1. The highest BCUT2D eigenvalue weighted by molar-refractivity contribution is 7.20. The minimum atomic E-state index is -0.797. The summed E-state index contributed by atoms with van der Waals surface area (Å²) in [5, 5.41) is 0.325. The fourth-order valence-corrected chi connectivity index (χ4v) is 3.24. The summed E-state index contributed by atoms with van der Waals surface area (Å²) in [6.45, 7) is 7.40. The van der Waals surface area contributed by atoms with E-state index in [4.69, 9.17) is 9.47 Å². The zero-order valence-corrected chi connectivity index (χ0v) is 15.1. The van der Waals surface area contributed by atoms with Crippen molar-refractivity contribution < 1.29 is 19.1 Å². The first kappa shape index (κ1) is 18.1. The average Bonchev–Trinajstić information content (AvgIpc) is 2.89. The first-order valence-corrected chi connectivity index (χ1v) is 8.34. The molecule has 0 spiro atoms. The van der Waals surface area contributed by atoms with E-state index >= 15 is 0 Å². The second-order valence-corrected chi connectivity index (χ2v) is 6.88. The SMILES string of the molecule is COC(=O)c1sc2ncn(C(C)C(=O)OCC(C)C)c(=O)c2c1C. The van der Waals surface area contributed by atoms with Crippen molar-refractivity contribution in [2.75, 3.05) is 13.7 Å². The van der Waals surface area contributed by atoms with Gasteiger partial charge in [-0.2, -0.15) is 0 Å². The van der Waals surface area contributed by atoms with Crippen LogP contribution in [0.4, 0.5) is 0 Å². The molecule has 7 nitrogen and oxygen atoms in total. The van der Waals surface area contributed by atoms with Gasteiger partial charge in [-0.25, -0.2) is 14.6 Å². The van der Waals surface area contributed by atoms with Crippen LogP contribution in [-0.4, -0.2) is 35.2 Å². The van der Waals surface area contributed by atoms with E-state index in [1.54, 1.807) is 13.8 Å². The highest BCUT2D eigenvalue weighted by Gasteiger charge is 2.23. The molecule has 0 amide bonds. The van der Waals surface area contributed by atoms with Crippen LogP contribution in [0.1, 0.15) is 42.0 Å². The topological polar surface area (TPSA) is 87.5 Å². The highest BCUT2D eigenvalue weighted by Crippen LogP contribution is 2.27. The Labute approximate surface area is 143 Å². The van der Waals surface area contributed by atoms with Gasteiger partial charge in [0.05, 0.1) is 25.4 Å². The van der Waals surface area contributed by atoms with Crippen molar-refractivity contribution in [3.63, 3.8) is 0 Å². The number of hydrogen-bond acceptors (Lipinski definition) is 7. The number of methoxy groups -OCH3 is 1. The number of hydrogen-bond donors (Lipinski definition) is 0. The lowest BCUT2D eigenvalue weighted by Gasteiger charge is -2.15. The molecule has 2 aromatic rings. The Balaban J connectivity index is 2.44. The third-order valence-corrected chi connectivity index (χ3v) is 4.74. The molecule has 0 N–H and O–H groups in total. The van der Waals surface area contributed by atoms with Gasteiger partial charge in [0.1, 0.15) is 15.7 Å². The van der Waals surface area contributed by atoms with E-state index in [2.05, 4.69) is 4.98 Å². The van der Waals surface area contributed by atoms with E-state index in [9.17, 15) is 14.4 Å². The third kappa shape index (κ3) is 3.33. The number of ether oxygens (including phenoxy) is 2. The van der Waals surface area contributed by atoms with E-state index in [-0.39, 0.29) is 18.1 Å². The highest BCUT2D eigenvalue weighted by atomic mass is 32.1. The second-order valence-electron chi connectivity index (χ2n) is 5.88. The summed E-state index contributed by atoms with van der Waals surface area (Å²) in [6, 6.07) is -0.797. The van der Waals surface area contributed by atoms with Gasteiger partial charge in [-0.3, -0.25) is 9.36 Å². The quantitative estimate of drug-likeness (QED) is 0.768. The van der Waals surface area contributed by atoms with Crippen molar-refractivity contribution in [1.82, 2.24) is 9.55 Å². The lowest BCUT2D eigenvalue weighted by atomic mass is 10.2. The zero-order valence-electron chi connectivity index (χ0n) is 14.3. The van der Waals surface area contributed by atoms with Gasteiger partial charge in [0, 0.05) is 0 Å². The van der Waals surface area contributed by atoms with Crippen molar-refractivity contribution in [1.29, 1.82) is 0 Å². The van der Waals surface area contributed by atoms with E-state index in [0.717, 1.165) is 11.3 Å². The molecule has 1 atom stereocenters. The number of fused-ring (bicyclic) bond motifs is 1. The monoisotopic (exact) mass is 352 g/mol. The van der Waals surface area contributed by atoms with Crippen LogP contribution < -0.4 is 5.56 Å². The summed E-state index contributed by atoms with van der Waals surface area (Å²) < 4.78 is 11.1. The van der Waals surface area contributed by atoms with Gasteiger partial charge in [-0.05, 0) is 25.3 Å². The second kappa shape index (κ2) is 7.12. The fourth-order valence-electron chi connectivity index (χ4n) is 2.18. The van der Waals surface area contributed by atoms with Gasteiger partial charge in [0.25, 0.3) is 5.56 Å². The molecule has 2 aromatic heterocycles. The van der Waals surface area contributed by atoms with Gasteiger partial charge < -0.3 is 9.47 Å². The van der Waals surface area contributed by atoms with Gasteiger partial charge in [-0.1, -0.05) is 13.8 Å². The molecular weight excluding hydrogens is 332 g/mol. The van der Waals surface area contributed by atoms with Crippen molar-refractivity contribution >= 4 is 33.5 Å². The molecule has 24 heavy (non-hydrogen) atoms. The van der Waals surface area contributed by atoms with Crippen molar-refractivity contribution in [3.8, 4) is 0 Å². The fraction of sp³-hybridized carbons (Fsp3) is 0.500. The van der Waals surface area contributed by atoms with Gasteiger partial charge in [0.15, 0.2) is 0 Å². The first-order chi connectivity index (χ1) is 11.3. The Bertz CT molecular complexity index is 837. The molecule has 0 bridgehead atoms. The largest absolute Gasteiger partial charge is 0.465 e. The summed E-state index contributed by atoms with van der Waals surface area (Å²) >= 11 is 1.10. The molecule has 0 radical (unpaired) electrons. The average molecular weight is 352 g/mol. The number of carbonyl (C=O) groups excluding carboxylic acids is 2. The number of aromatic nitrogens is 2. The molecule has 2 rings (SSSR count). The summed E-state index contributed by atoms with van der Waals surface area (Å²) in [5.74, 6) is -0.793. The van der Waals surface area contributed by atoms with Crippen LogP contribution in [-0.2, 0) is 14.3 Å². The van der Waals surface area contributed by atoms with Gasteiger partial charge in [0.2, 0.25) is 0 Å². The van der Waals surface area contributed by atoms with Crippen LogP contribution in [0.15, 0.2) is 11.1 Å². The zero-order chi connectivity index (χ0) is 18.0. The number of carbonyl (C=O) groups is 2. The maximum atomic E-state index is 12.7. The predicted octanol–water partition coefficient (Wildman–Crippen LogP) is 2.31. The van der Waals surface area contributed by atoms with E-state index in [1.807, 2.05) is 13.8 Å². The Kier molecular flexibility index (Phi) is 5.38. The Morgan fingerprint density at radius 3 is 2.58 bits per heavy atom.